The van der Waals surface area contributed by atoms with Crippen molar-refractivity contribution in [3.05, 3.63) is 36.2 Å². The lowest BCUT2D eigenvalue weighted by molar-refractivity contribution is 0.199. The zero-order valence-corrected chi connectivity index (χ0v) is 8.83. The number of aryl methyl sites for hydroxylation is 1. The van der Waals surface area contributed by atoms with Gasteiger partial charge < -0.3 is 9.67 Å². The Morgan fingerprint density at radius 1 is 1.53 bits per heavy atom. The number of hydrogen-bond acceptors (Lipinski definition) is 3. The molecule has 5 nitrogen and oxygen atoms in total. The minimum Gasteiger partial charge on any atom is -0.389 e. The van der Waals surface area contributed by atoms with Crippen molar-refractivity contribution in [2.45, 2.75) is 19.6 Å². The van der Waals surface area contributed by atoms with Gasteiger partial charge in [0.2, 0.25) is 0 Å². The summed E-state index contributed by atoms with van der Waals surface area (Å²) in [5.41, 5.74) is 0.914. The summed E-state index contributed by atoms with van der Waals surface area (Å²) in [5, 5.41) is 13.4. The molecule has 2 aromatic rings. The number of nitrogens with zero attached hydrogens (tertiary/aromatic N) is 4. The van der Waals surface area contributed by atoms with Gasteiger partial charge in [0.05, 0.1) is 12.6 Å². The van der Waals surface area contributed by atoms with E-state index in [0.717, 1.165) is 11.4 Å². The SMILES string of the molecule is CC(O)c1ccn(Cc2ncnn2C)c1. The van der Waals surface area contributed by atoms with Gasteiger partial charge in [0.25, 0.3) is 0 Å². The maximum absolute atomic E-state index is 9.37. The molecule has 0 aliphatic rings. The van der Waals surface area contributed by atoms with Gasteiger partial charge in [-0.1, -0.05) is 0 Å². The summed E-state index contributed by atoms with van der Waals surface area (Å²) < 4.78 is 3.72. The highest BCUT2D eigenvalue weighted by Gasteiger charge is 2.05. The van der Waals surface area contributed by atoms with E-state index in [4.69, 9.17) is 0 Å². The van der Waals surface area contributed by atoms with Crippen LogP contribution in [0.15, 0.2) is 24.8 Å². The molecule has 0 bridgehead atoms. The maximum atomic E-state index is 9.37. The standard InChI is InChI=1S/C10H14N4O/c1-8(15)9-3-4-14(5-9)6-10-11-7-12-13(10)2/h3-5,7-8,15H,6H2,1-2H3. The monoisotopic (exact) mass is 206 g/mol. The molecule has 2 rings (SSSR count). The number of aromatic nitrogens is 4. The summed E-state index contributed by atoms with van der Waals surface area (Å²) in [6.45, 7) is 2.42. The number of rotatable bonds is 3. The predicted octanol–water partition coefficient (Wildman–Crippen LogP) is 0.718. The fraction of sp³-hybridized carbons (Fsp3) is 0.400. The smallest absolute Gasteiger partial charge is 0.146 e. The topological polar surface area (TPSA) is 55.9 Å². The second-order valence-electron chi connectivity index (χ2n) is 3.59. The van der Waals surface area contributed by atoms with E-state index < -0.39 is 6.10 Å². The molecule has 0 aliphatic carbocycles. The van der Waals surface area contributed by atoms with Crippen LogP contribution >= 0.6 is 0 Å². The van der Waals surface area contributed by atoms with E-state index in [1.807, 2.05) is 30.1 Å². The molecule has 80 valence electrons. The largest absolute Gasteiger partial charge is 0.389 e. The van der Waals surface area contributed by atoms with Gasteiger partial charge in [-0.3, -0.25) is 4.68 Å². The molecule has 2 aromatic heterocycles. The van der Waals surface area contributed by atoms with Crippen LogP contribution in [0.3, 0.4) is 0 Å². The van der Waals surface area contributed by atoms with E-state index in [9.17, 15) is 5.11 Å². The average molecular weight is 206 g/mol. The van der Waals surface area contributed by atoms with Crippen LogP contribution in [0.5, 0.6) is 0 Å². The van der Waals surface area contributed by atoms with Crippen LogP contribution in [0.4, 0.5) is 0 Å². The van der Waals surface area contributed by atoms with E-state index in [2.05, 4.69) is 10.1 Å². The van der Waals surface area contributed by atoms with Crippen LogP contribution in [0, 0.1) is 0 Å². The van der Waals surface area contributed by atoms with Gasteiger partial charge >= 0.3 is 0 Å². The van der Waals surface area contributed by atoms with Gasteiger partial charge in [-0.05, 0) is 18.6 Å². The first-order valence-corrected chi connectivity index (χ1v) is 4.83. The molecule has 1 N–H and O–H groups in total. The molecule has 0 saturated carbocycles. The van der Waals surface area contributed by atoms with Crippen LogP contribution in [-0.4, -0.2) is 24.4 Å². The summed E-state index contributed by atoms with van der Waals surface area (Å²) in [5.74, 6) is 0.891. The van der Waals surface area contributed by atoms with Crippen molar-refractivity contribution in [1.82, 2.24) is 19.3 Å². The van der Waals surface area contributed by atoms with Gasteiger partial charge in [0.1, 0.15) is 12.2 Å². The third-order valence-electron chi connectivity index (χ3n) is 2.38. The average Bonchev–Trinajstić information content (AvgIpc) is 2.77. The third kappa shape index (κ3) is 2.07. The molecule has 15 heavy (non-hydrogen) atoms. The number of aliphatic hydroxyl groups excluding tert-OH is 1. The highest BCUT2D eigenvalue weighted by atomic mass is 16.3. The van der Waals surface area contributed by atoms with Crippen molar-refractivity contribution in [2.75, 3.05) is 0 Å². The Morgan fingerprint density at radius 2 is 2.33 bits per heavy atom. The fourth-order valence-electron chi connectivity index (χ4n) is 1.43. The Bertz CT molecular complexity index is 444. The molecular formula is C10H14N4O. The fourth-order valence-corrected chi connectivity index (χ4v) is 1.43. The van der Waals surface area contributed by atoms with Crippen LogP contribution < -0.4 is 0 Å². The first kappa shape index (κ1) is 9.92. The molecule has 1 unspecified atom stereocenters. The van der Waals surface area contributed by atoms with Crippen LogP contribution in [-0.2, 0) is 13.6 Å². The van der Waals surface area contributed by atoms with Crippen LogP contribution in [0.2, 0.25) is 0 Å². The minimum absolute atomic E-state index is 0.425. The van der Waals surface area contributed by atoms with E-state index in [1.165, 1.54) is 6.33 Å². The normalized spacial score (nSPS) is 13.0. The molecule has 0 amide bonds. The lowest BCUT2D eigenvalue weighted by Gasteiger charge is -2.02. The van der Waals surface area contributed by atoms with Crippen LogP contribution in [0.25, 0.3) is 0 Å². The molecule has 0 fully saturated rings. The quantitative estimate of drug-likeness (QED) is 0.805. The Morgan fingerprint density at radius 3 is 2.87 bits per heavy atom. The lowest BCUT2D eigenvalue weighted by Crippen LogP contribution is -2.05. The van der Waals surface area contributed by atoms with E-state index in [1.54, 1.807) is 11.6 Å². The van der Waals surface area contributed by atoms with Gasteiger partial charge in [-0.25, -0.2) is 4.98 Å². The van der Waals surface area contributed by atoms with Crippen molar-refractivity contribution in [3.8, 4) is 0 Å². The van der Waals surface area contributed by atoms with Gasteiger partial charge in [-0.15, -0.1) is 0 Å². The summed E-state index contributed by atoms with van der Waals surface area (Å²) in [4.78, 5) is 4.13. The summed E-state index contributed by atoms with van der Waals surface area (Å²) in [6, 6.07) is 1.90. The summed E-state index contributed by atoms with van der Waals surface area (Å²) in [6.07, 6.45) is 4.95. The molecule has 5 heteroatoms. The molecule has 0 radical (unpaired) electrons. The summed E-state index contributed by atoms with van der Waals surface area (Å²) in [7, 11) is 1.86. The Labute approximate surface area is 88.0 Å². The molecule has 1 atom stereocenters. The molecule has 0 aromatic carbocycles. The Kier molecular flexibility index (Phi) is 2.55. The van der Waals surface area contributed by atoms with E-state index in [0.29, 0.717) is 6.54 Å². The molecular weight excluding hydrogens is 192 g/mol. The minimum atomic E-state index is -0.425. The Balaban J connectivity index is 2.15. The second-order valence-corrected chi connectivity index (χ2v) is 3.59. The summed E-state index contributed by atoms with van der Waals surface area (Å²) >= 11 is 0. The van der Waals surface area contributed by atoms with E-state index in [-0.39, 0.29) is 0 Å². The van der Waals surface area contributed by atoms with Crippen molar-refractivity contribution in [1.29, 1.82) is 0 Å². The molecule has 0 aliphatic heterocycles. The van der Waals surface area contributed by atoms with Gasteiger partial charge in [0.15, 0.2) is 0 Å². The van der Waals surface area contributed by atoms with Gasteiger partial charge in [-0.2, -0.15) is 5.10 Å². The lowest BCUT2D eigenvalue weighted by atomic mass is 10.2. The predicted molar refractivity (Wildman–Crippen MR) is 55.2 cm³/mol. The third-order valence-corrected chi connectivity index (χ3v) is 2.38. The highest BCUT2D eigenvalue weighted by Crippen LogP contribution is 2.12. The second kappa shape index (κ2) is 3.86. The van der Waals surface area contributed by atoms with Crippen LogP contribution in [0.1, 0.15) is 24.4 Å². The highest BCUT2D eigenvalue weighted by molar-refractivity contribution is 5.13. The van der Waals surface area contributed by atoms with Crippen molar-refractivity contribution in [2.24, 2.45) is 7.05 Å². The zero-order chi connectivity index (χ0) is 10.8. The molecule has 0 saturated heterocycles. The Hall–Kier alpha value is -1.62. The molecule has 0 spiro atoms. The first-order chi connectivity index (χ1) is 7.16. The molecule has 2 heterocycles. The first-order valence-electron chi connectivity index (χ1n) is 4.83. The van der Waals surface area contributed by atoms with E-state index >= 15 is 0 Å². The zero-order valence-electron chi connectivity index (χ0n) is 8.83. The van der Waals surface area contributed by atoms with Crippen molar-refractivity contribution >= 4 is 0 Å². The van der Waals surface area contributed by atoms with Crippen molar-refractivity contribution in [3.63, 3.8) is 0 Å². The number of aliphatic hydroxyl groups is 1. The van der Waals surface area contributed by atoms with Crippen molar-refractivity contribution < 1.29 is 5.11 Å². The maximum Gasteiger partial charge on any atom is 0.146 e. The van der Waals surface area contributed by atoms with Gasteiger partial charge in [0, 0.05) is 19.4 Å². The number of hydrogen-bond donors (Lipinski definition) is 1.